The second kappa shape index (κ2) is 9.99. The zero-order chi connectivity index (χ0) is 21.6. The molecule has 2 amide bonds. The van der Waals surface area contributed by atoms with Crippen molar-refractivity contribution in [3.8, 4) is 6.07 Å². The van der Waals surface area contributed by atoms with Crippen molar-refractivity contribution in [1.82, 2.24) is 9.80 Å². The predicted molar refractivity (Wildman–Crippen MR) is 122 cm³/mol. The van der Waals surface area contributed by atoms with Crippen LogP contribution in [0.4, 0.5) is 5.69 Å². The van der Waals surface area contributed by atoms with Crippen LogP contribution in [-0.4, -0.2) is 60.1 Å². The van der Waals surface area contributed by atoms with Crippen LogP contribution >= 0.6 is 11.8 Å². The molecule has 0 saturated carbocycles. The van der Waals surface area contributed by atoms with Gasteiger partial charge in [-0.1, -0.05) is 24.3 Å². The van der Waals surface area contributed by atoms with Gasteiger partial charge in [0.1, 0.15) is 0 Å². The first-order chi connectivity index (χ1) is 15.1. The number of carbonyl (C=O) groups excluding carboxylic acids is 2. The van der Waals surface area contributed by atoms with E-state index in [0.717, 1.165) is 36.0 Å². The summed E-state index contributed by atoms with van der Waals surface area (Å²) in [4.78, 5) is 32.6. The molecule has 4 rings (SSSR count). The molecule has 2 aliphatic rings. The van der Waals surface area contributed by atoms with Gasteiger partial charge in [-0.15, -0.1) is 11.8 Å². The molecule has 0 aromatic heterocycles. The molecule has 0 aliphatic carbocycles. The summed E-state index contributed by atoms with van der Waals surface area (Å²) in [7, 11) is 0. The van der Waals surface area contributed by atoms with E-state index in [1.54, 1.807) is 11.8 Å². The molecule has 0 unspecified atom stereocenters. The van der Waals surface area contributed by atoms with Crippen LogP contribution in [0.15, 0.2) is 53.4 Å². The first kappa shape index (κ1) is 21.4. The number of piperazine rings is 1. The summed E-state index contributed by atoms with van der Waals surface area (Å²) < 4.78 is 0. The third kappa shape index (κ3) is 5.27. The zero-order valence-electron chi connectivity index (χ0n) is 17.5. The Morgan fingerprint density at radius 3 is 2.35 bits per heavy atom. The average molecular weight is 435 g/mol. The standard InChI is InChI=1S/C24H26N4O2S/c25-17-19-5-7-20(8-6-19)18-26-11-13-27(14-12-26)23(29)9-10-24(30)28-15-16-31-22-4-2-1-3-21(22)28/h1-8H,9-16,18H2. The lowest BCUT2D eigenvalue weighted by Gasteiger charge is -2.35. The quantitative estimate of drug-likeness (QED) is 0.723. The van der Waals surface area contributed by atoms with Gasteiger partial charge >= 0.3 is 0 Å². The van der Waals surface area contributed by atoms with Gasteiger partial charge in [0, 0.05) is 62.8 Å². The summed E-state index contributed by atoms with van der Waals surface area (Å²) in [6, 6.07) is 17.8. The lowest BCUT2D eigenvalue weighted by atomic mass is 10.1. The maximum atomic E-state index is 12.8. The number of rotatable bonds is 5. The molecule has 1 saturated heterocycles. The number of nitrogens with zero attached hydrogens (tertiary/aromatic N) is 4. The van der Waals surface area contributed by atoms with Crippen LogP contribution in [0.2, 0.25) is 0 Å². The number of para-hydroxylation sites is 1. The van der Waals surface area contributed by atoms with Gasteiger partial charge in [-0.2, -0.15) is 5.26 Å². The Bertz CT molecular complexity index is 978. The number of hydrogen-bond acceptors (Lipinski definition) is 5. The summed E-state index contributed by atoms with van der Waals surface area (Å²) in [5.74, 6) is 0.976. The second-order valence-electron chi connectivity index (χ2n) is 7.83. The van der Waals surface area contributed by atoms with Crippen molar-refractivity contribution in [3.63, 3.8) is 0 Å². The fraction of sp³-hybridized carbons (Fsp3) is 0.375. The van der Waals surface area contributed by atoms with E-state index < -0.39 is 0 Å². The summed E-state index contributed by atoms with van der Waals surface area (Å²) in [5, 5.41) is 8.90. The van der Waals surface area contributed by atoms with E-state index in [1.165, 1.54) is 5.56 Å². The van der Waals surface area contributed by atoms with Gasteiger partial charge < -0.3 is 9.80 Å². The fourth-order valence-corrected chi connectivity index (χ4v) is 5.03. The highest BCUT2D eigenvalue weighted by molar-refractivity contribution is 7.99. The monoisotopic (exact) mass is 434 g/mol. The minimum Gasteiger partial charge on any atom is -0.340 e. The number of benzene rings is 2. The first-order valence-electron chi connectivity index (χ1n) is 10.7. The molecule has 0 radical (unpaired) electrons. The number of carbonyl (C=O) groups is 2. The minimum absolute atomic E-state index is 0.0283. The molecule has 7 heteroatoms. The van der Waals surface area contributed by atoms with Crippen molar-refractivity contribution in [2.75, 3.05) is 43.4 Å². The number of fused-ring (bicyclic) bond motifs is 1. The Morgan fingerprint density at radius 1 is 0.903 bits per heavy atom. The number of nitriles is 1. The van der Waals surface area contributed by atoms with E-state index in [9.17, 15) is 9.59 Å². The van der Waals surface area contributed by atoms with E-state index in [1.807, 2.05) is 58.3 Å². The molecule has 2 heterocycles. The molecule has 1 fully saturated rings. The number of anilines is 1. The highest BCUT2D eigenvalue weighted by Crippen LogP contribution is 2.34. The summed E-state index contributed by atoms with van der Waals surface area (Å²) >= 11 is 1.77. The van der Waals surface area contributed by atoms with E-state index in [2.05, 4.69) is 11.0 Å². The van der Waals surface area contributed by atoms with Gasteiger partial charge in [0.05, 0.1) is 17.3 Å². The number of thioether (sulfide) groups is 1. The molecule has 31 heavy (non-hydrogen) atoms. The van der Waals surface area contributed by atoms with Crippen LogP contribution in [-0.2, 0) is 16.1 Å². The molecule has 2 aromatic carbocycles. The van der Waals surface area contributed by atoms with Gasteiger partial charge in [0.25, 0.3) is 0 Å². The van der Waals surface area contributed by atoms with Gasteiger partial charge in [0.2, 0.25) is 11.8 Å². The van der Waals surface area contributed by atoms with E-state index in [-0.39, 0.29) is 24.7 Å². The molecule has 6 nitrogen and oxygen atoms in total. The van der Waals surface area contributed by atoms with Crippen LogP contribution in [0, 0.1) is 11.3 Å². The molecule has 0 spiro atoms. The van der Waals surface area contributed by atoms with Crippen LogP contribution in [0.3, 0.4) is 0 Å². The average Bonchev–Trinajstić information content (AvgIpc) is 2.83. The van der Waals surface area contributed by atoms with E-state index >= 15 is 0 Å². The minimum atomic E-state index is 0.0283. The van der Waals surface area contributed by atoms with Crippen LogP contribution in [0.5, 0.6) is 0 Å². The van der Waals surface area contributed by atoms with Crippen LogP contribution < -0.4 is 4.90 Å². The maximum absolute atomic E-state index is 12.8. The van der Waals surface area contributed by atoms with Crippen molar-refractivity contribution in [1.29, 1.82) is 5.26 Å². The van der Waals surface area contributed by atoms with Crippen molar-refractivity contribution >= 4 is 29.3 Å². The van der Waals surface area contributed by atoms with Crippen molar-refractivity contribution in [3.05, 3.63) is 59.7 Å². The summed E-state index contributed by atoms with van der Waals surface area (Å²) in [6.07, 6.45) is 0.517. The second-order valence-corrected chi connectivity index (χ2v) is 8.96. The highest BCUT2D eigenvalue weighted by Gasteiger charge is 2.25. The van der Waals surface area contributed by atoms with Crippen molar-refractivity contribution in [2.24, 2.45) is 0 Å². The molecule has 0 bridgehead atoms. The Balaban J connectivity index is 1.23. The highest BCUT2D eigenvalue weighted by atomic mass is 32.2. The summed E-state index contributed by atoms with van der Waals surface area (Å²) in [5.41, 5.74) is 2.80. The Kier molecular flexibility index (Phi) is 6.90. The lowest BCUT2D eigenvalue weighted by Crippen LogP contribution is -2.48. The summed E-state index contributed by atoms with van der Waals surface area (Å²) in [6.45, 7) is 4.52. The molecule has 160 valence electrons. The van der Waals surface area contributed by atoms with E-state index in [0.29, 0.717) is 25.2 Å². The Morgan fingerprint density at radius 2 is 1.61 bits per heavy atom. The zero-order valence-corrected chi connectivity index (χ0v) is 18.3. The van der Waals surface area contributed by atoms with Crippen molar-refractivity contribution in [2.45, 2.75) is 24.3 Å². The predicted octanol–water partition coefficient (Wildman–Crippen LogP) is 3.12. The molecule has 2 aliphatic heterocycles. The van der Waals surface area contributed by atoms with Gasteiger partial charge in [0.15, 0.2) is 0 Å². The third-order valence-electron chi connectivity index (χ3n) is 5.80. The SMILES string of the molecule is N#Cc1ccc(CN2CCN(C(=O)CCC(=O)N3CCSc4ccccc43)CC2)cc1. The van der Waals surface area contributed by atoms with Crippen molar-refractivity contribution < 1.29 is 9.59 Å². The van der Waals surface area contributed by atoms with Crippen LogP contribution in [0.25, 0.3) is 0 Å². The Hall–Kier alpha value is -2.82. The fourth-order valence-electron chi connectivity index (χ4n) is 4.03. The van der Waals surface area contributed by atoms with Crippen LogP contribution in [0.1, 0.15) is 24.0 Å². The molecule has 0 atom stereocenters. The first-order valence-corrected chi connectivity index (χ1v) is 11.6. The van der Waals surface area contributed by atoms with Gasteiger partial charge in [-0.05, 0) is 29.8 Å². The maximum Gasteiger partial charge on any atom is 0.227 e. The van der Waals surface area contributed by atoms with Gasteiger partial charge in [-0.3, -0.25) is 14.5 Å². The topological polar surface area (TPSA) is 67.6 Å². The molecule has 0 N–H and O–H groups in total. The number of amides is 2. The smallest absolute Gasteiger partial charge is 0.227 e. The lowest BCUT2D eigenvalue weighted by molar-refractivity contribution is -0.134. The third-order valence-corrected chi connectivity index (χ3v) is 6.84. The van der Waals surface area contributed by atoms with Gasteiger partial charge in [-0.25, -0.2) is 0 Å². The number of hydrogen-bond donors (Lipinski definition) is 0. The molecular formula is C24H26N4O2S. The molecule has 2 aromatic rings. The molecular weight excluding hydrogens is 408 g/mol. The largest absolute Gasteiger partial charge is 0.340 e. The van der Waals surface area contributed by atoms with E-state index in [4.69, 9.17) is 5.26 Å². The normalized spacial score (nSPS) is 16.5. The Labute approximate surface area is 187 Å².